The summed E-state index contributed by atoms with van der Waals surface area (Å²) >= 11 is 1.68. The molecule has 0 saturated heterocycles. The molecule has 0 fully saturated rings. The lowest BCUT2D eigenvalue weighted by Gasteiger charge is -2.23. The third-order valence-electron chi connectivity index (χ3n) is 6.19. The number of thioether (sulfide) groups is 1. The Morgan fingerprint density at radius 2 is 1.84 bits per heavy atom. The van der Waals surface area contributed by atoms with Gasteiger partial charge in [0.15, 0.2) is 5.82 Å². The van der Waals surface area contributed by atoms with Gasteiger partial charge in [-0.3, -0.25) is 4.79 Å². The van der Waals surface area contributed by atoms with Gasteiger partial charge < -0.3 is 19.6 Å². The highest BCUT2D eigenvalue weighted by Gasteiger charge is 2.23. The van der Waals surface area contributed by atoms with E-state index in [2.05, 4.69) is 15.5 Å². The lowest BCUT2D eigenvalue weighted by molar-refractivity contribution is -0.109. The molecular formula is C29H25N3O4S. The van der Waals surface area contributed by atoms with Crippen molar-refractivity contribution in [2.24, 2.45) is 0 Å². The van der Waals surface area contributed by atoms with Crippen LogP contribution in [-0.4, -0.2) is 35.3 Å². The molecule has 0 saturated carbocycles. The summed E-state index contributed by atoms with van der Waals surface area (Å²) < 4.78 is 11.8. The molecule has 1 aliphatic rings. The van der Waals surface area contributed by atoms with Crippen molar-refractivity contribution in [3.63, 3.8) is 0 Å². The molecule has 0 aliphatic carbocycles. The summed E-state index contributed by atoms with van der Waals surface area (Å²) in [5, 5.41) is 11.2. The molecule has 1 aromatic heterocycles. The molecule has 1 N–H and O–H groups in total. The predicted octanol–water partition coefficient (Wildman–Crippen LogP) is 6.28. The first kappa shape index (κ1) is 24.5. The molecule has 5 rings (SSSR count). The molecule has 4 aromatic rings. The van der Waals surface area contributed by atoms with Gasteiger partial charge in [-0.15, -0.1) is 22.0 Å². The Morgan fingerprint density at radius 1 is 1.05 bits per heavy atom. The minimum absolute atomic E-state index is 0.151. The van der Waals surface area contributed by atoms with E-state index in [4.69, 9.17) is 9.47 Å². The molecule has 7 nitrogen and oxygen atoms in total. The molecule has 8 heteroatoms. The number of nitrogens with one attached hydrogen (secondary N) is 1. The summed E-state index contributed by atoms with van der Waals surface area (Å²) in [7, 11) is 0. The summed E-state index contributed by atoms with van der Waals surface area (Å²) in [5.41, 5.74) is 3.95. The minimum Gasteiger partial charge on any atom is -0.493 e. The zero-order valence-corrected chi connectivity index (χ0v) is 21.2. The number of anilines is 1. The van der Waals surface area contributed by atoms with Crippen molar-refractivity contribution in [1.29, 1.82) is 0 Å². The standard InChI is InChI=1S/C29H25N3O4S/c1-18-15-24-21(17-33)13-14-35-27(24)16-26(18)36-22-7-3-20(4-8-22)29(34)30-28-12-11-25(31-32-28)19-5-9-23(37-2)10-6-19/h3-12,15-17,21H,13-14H2,1-2H3,(H,30,32,34). The summed E-state index contributed by atoms with van der Waals surface area (Å²) in [4.78, 5) is 25.3. The molecular weight excluding hydrogens is 486 g/mol. The Balaban J connectivity index is 1.23. The van der Waals surface area contributed by atoms with Gasteiger partial charge in [-0.05, 0) is 79.8 Å². The quantitative estimate of drug-likeness (QED) is 0.231. The maximum absolute atomic E-state index is 12.7. The van der Waals surface area contributed by atoms with Gasteiger partial charge >= 0.3 is 0 Å². The van der Waals surface area contributed by atoms with Crippen LogP contribution in [0.3, 0.4) is 0 Å². The summed E-state index contributed by atoms with van der Waals surface area (Å²) in [6, 6.07) is 22.2. The fraction of sp³-hybridized carbons (Fsp3) is 0.172. The molecule has 0 bridgehead atoms. The number of fused-ring (bicyclic) bond motifs is 1. The molecule has 186 valence electrons. The van der Waals surface area contributed by atoms with Crippen LogP contribution in [0.15, 0.2) is 77.7 Å². The smallest absolute Gasteiger partial charge is 0.256 e. The highest BCUT2D eigenvalue weighted by atomic mass is 32.2. The van der Waals surface area contributed by atoms with Gasteiger partial charge in [0.05, 0.1) is 12.3 Å². The van der Waals surface area contributed by atoms with E-state index in [1.807, 2.05) is 55.6 Å². The molecule has 0 spiro atoms. The average molecular weight is 512 g/mol. The Morgan fingerprint density at radius 3 is 2.51 bits per heavy atom. The van der Waals surface area contributed by atoms with Gasteiger partial charge in [0.1, 0.15) is 23.5 Å². The number of amides is 1. The Labute approximate surface area is 219 Å². The van der Waals surface area contributed by atoms with E-state index in [0.717, 1.165) is 28.7 Å². The number of aldehydes is 1. The van der Waals surface area contributed by atoms with Gasteiger partial charge in [-0.2, -0.15) is 0 Å². The second-order valence-corrected chi connectivity index (χ2v) is 9.53. The Bertz CT molecular complexity index is 1420. The highest BCUT2D eigenvalue weighted by molar-refractivity contribution is 7.98. The van der Waals surface area contributed by atoms with Gasteiger partial charge in [0, 0.05) is 33.6 Å². The monoisotopic (exact) mass is 511 g/mol. The number of nitrogens with zero attached hydrogens (tertiary/aromatic N) is 2. The predicted molar refractivity (Wildman–Crippen MR) is 144 cm³/mol. The van der Waals surface area contributed by atoms with Crippen LogP contribution in [0.4, 0.5) is 5.82 Å². The summed E-state index contributed by atoms with van der Waals surface area (Å²) in [6.07, 6.45) is 3.68. The van der Waals surface area contributed by atoms with Crippen LogP contribution in [-0.2, 0) is 4.79 Å². The van der Waals surface area contributed by atoms with E-state index in [1.165, 1.54) is 4.90 Å². The van der Waals surface area contributed by atoms with Crippen molar-refractivity contribution in [3.05, 3.63) is 89.5 Å². The minimum atomic E-state index is -0.295. The van der Waals surface area contributed by atoms with Crippen molar-refractivity contribution in [2.75, 3.05) is 18.2 Å². The van der Waals surface area contributed by atoms with Gasteiger partial charge in [0.2, 0.25) is 0 Å². The number of ether oxygens (including phenoxy) is 2. The number of hydrogen-bond acceptors (Lipinski definition) is 7. The van der Waals surface area contributed by atoms with Crippen LogP contribution < -0.4 is 14.8 Å². The van der Waals surface area contributed by atoms with E-state index < -0.39 is 0 Å². The van der Waals surface area contributed by atoms with E-state index in [0.29, 0.717) is 41.7 Å². The van der Waals surface area contributed by atoms with Crippen molar-refractivity contribution in [2.45, 2.75) is 24.2 Å². The maximum Gasteiger partial charge on any atom is 0.256 e. The Kier molecular flexibility index (Phi) is 7.18. The van der Waals surface area contributed by atoms with Gasteiger partial charge in [-0.1, -0.05) is 12.1 Å². The SMILES string of the molecule is CSc1ccc(-c2ccc(NC(=O)c3ccc(Oc4cc5c(cc4C)C(C=O)CCO5)cc3)nn2)cc1. The van der Waals surface area contributed by atoms with Gasteiger partial charge in [0.25, 0.3) is 5.91 Å². The number of hydrogen-bond donors (Lipinski definition) is 1. The number of carbonyl (C=O) groups excluding carboxylic acids is 2. The summed E-state index contributed by atoms with van der Waals surface area (Å²) in [5.74, 6) is 1.81. The fourth-order valence-electron chi connectivity index (χ4n) is 4.11. The maximum atomic E-state index is 12.7. The zero-order valence-electron chi connectivity index (χ0n) is 20.4. The Hall–Kier alpha value is -4.17. The second kappa shape index (κ2) is 10.8. The average Bonchev–Trinajstić information content (AvgIpc) is 2.94. The number of benzene rings is 3. The van der Waals surface area contributed by atoms with Crippen LogP contribution >= 0.6 is 11.8 Å². The molecule has 37 heavy (non-hydrogen) atoms. The van der Waals surface area contributed by atoms with E-state index >= 15 is 0 Å². The van der Waals surface area contributed by atoms with Crippen molar-refractivity contribution >= 4 is 29.8 Å². The van der Waals surface area contributed by atoms with Crippen molar-refractivity contribution in [1.82, 2.24) is 10.2 Å². The number of aryl methyl sites for hydroxylation is 1. The van der Waals surface area contributed by atoms with Crippen LogP contribution in [0.25, 0.3) is 11.3 Å². The highest BCUT2D eigenvalue weighted by Crippen LogP contribution is 2.38. The first-order valence-electron chi connectivity index (χ1n) is 11.8. The fourth-order valence-corrected chi connectivity index (χ4v) is 4.52. The molecule has 1 amide bonds. The molecule has 0 radical (unpaired) electrons. The van der Waals surface area contributed by atoms with Crippen LogP contribution in [0.5, 0.6) is 17.2 Å². The molecule has 2 heterocycles. The zero-order chi connectivity index (χ0) is 25.8. The molecule has 1 unspecified atom stereocenters. The van der Waals surface area contributed by atoms with Crippen LogP contribution in [0.1, 0.15) is 33.8 Å². The van der Waals surface area contributed by atoms with E-state index in [9.17, 15) is 9.59 Å². The number of carbonyl (C=O) groups is 2. The van der Waals surface area contributed by atoms with Gasteiger partial charge in [-0.25, -0.2) is 0 Å². The van der Waals surface area contributed by atoms with Crippen LogP contribution in [0, 0.1) is 6.92 Å². The largest absolute Gasteiger partial charge is 0.493 e. The number of aromatic nitrogens is 2. The van der Waals surface area contributed by atoms with Crippen LogP contribution in [0.2, 0.25) is 0 Å². The summed E-state index contributed by atoms with van der Waals surface area (Å²) in [6.45, 7) is 2.43. The molecule has 3 aromatic carbocycles. The number of rotatable bonds is 7. The third-order valence-corrected chi connectivity index (χ3v) is 6.94. The van der Waals surface area contributed by atoms with E-state index in [-0.39, 0.29) is 11.8 Å². The van der Waals surface area contributed by atoms with Crippen molar-refractivity contribution < 1.29 is 19.1 Å². The van der Waals surface area contributed by atoms with Crippen molar-refractivity contribution in [3.8, 4) is 28.5 Å². The first-order valence-corrected chi connectivity index (χ1v) is 13.1. The first-order chi connectivity index (χ1) is 18.0. The molecule has 1 atom stereocenters. The molecule has 1 aliphatic heterocycles. The third kappa shape index (κ3) is 5.49. The lowest BCUT2D eigenvalue weighted by atomic mass is 9.93. The lowest BCUT2D eigenvalue weighted by Crippen LogP contribution is -2.15. The second-order valence-electron chi connectivity index (χ2n) is 8.65. The van der Waals surface area contributed by atoms with E-state index in [1.54, 1.807) is 42.1 Å². The topological polar surface area (TPSA) is 90.4 Å². The normalized spacial score (nSPS) is 14.3.